The number of anilines is 1. The topological polar surface area (TPSA) is 77.2 Å². The van der Waals surface area contributed by atoms with E-state index in [0.29, 0.717) is 32.6 Å². The maximum Gasteiger partial charge on any atom is 0.277 e. The highest BCUT2D eigenvalue weighted by Gasteiger charge is 2.12. The van der Waals surface area contributed by atoms with Gasteiger partial charge in [-0.05, 0) is 48.9 Å². The van der Waals surface area contributed by atoms with Crippen molar-refractivity contribution >= 4 is 46.6 Å². The van der Waals surface area contributed by atoms with Crippen LogP contribution < -0.4 is 10.1 Å². The maximum atomic E-state index is 12.1. The van der Waals surface area contributed by atoms with E-state index in [-0.39, 0.29) is 18.3 Å². The Balaban J connectivity index is 1.48. The molecule has 0 radical (unpaired) electrons. The minimum Gasteiger partial charge on any atom is -0.484 e. The first-order valence-electron chi connectivity index (χ1n) is 7.90. The van der Waals surface area contributed by atoms with Gasteiger partial charge in [-0.2, -0.15) is 0 Å². The van der Waals surface area contributed by atoms with E-state index in [1.165, 1.54) is 0 Å². The van der Waals surface area contributed by atoms with Crippen LogP contribution in [-0.4, -0.2) is 21.9 Å². The van der Waals surface area contributed by atoms with Crippen molar-refractivity contribution in [3.05, 3.63) is 64.0 Å². The van der Waals surface area contributed by atoms with Crippen molar-refractivity contribution in [3.8, 4) is 5.75 Å². The molecule has 1 heterocycles. The largest absolute Gasteiger partial charge is 0.484 e. The summed E-state index contributed by atoms with van der Waals surface area (Å²) in [5.41, 5.74) is 1.49. The van der Waals surface area contributed by atoms with E-state index in [4.69, 9.17) is 32.4 Å². The third kappa shape index (κ3) is 5.63. The molecule has 2 aromatic carbocycles. The van der Waals surface area contributed by atoms with Crippen LogP contribution >= 0.6 is 35.0 Å². The van der Waals surface area contributed by atoms with Gasteiger partial charge in [-0.25, -0.2) is 0 Å². The van der Waals surface area contributed by atoms with Crippen molar-refractivity contribution < 1.29 is 13.9 Å². The number of thioether (sulfide) groups is 1. The molecule has 140 valence electrons. The fourth-order valence-electron chi connectivity index (χ4n) is 2.09. The molecule has 1 aromatic heterocycles. The maximum absolute atomic E-state index is 12.1. The van der Waals surface area contributed by atoms with Crippen molar-refractivity contribution in [3.63, 3.8) is 0 Å². The minimum atomic E-state index is -0.192. The SMILES string of the molecule is Cc1c(Cl)cccc1NC(=O)CSc1nnc(COc2ccc(Cl)cc2)o1. The van der Waals surface area contributed by atoms with Gasteiger partial charge >= 0.3 is 0 Å². The molecule has 0 unspecified atom stereocenters. The van der Waals surface area contributed by atoms with Crippen LogP contribution in [-0.2, 0) is 11.4 Å². The van der Waals surface area contributed by atoms with Gasteiger partial charge in [0.05, 0.1) is 5.75 Å². The fourth-order valence-corrected chi connectivity index (χ4v) is 2.97. The zero-order chi connectivity index (χ0) is 19.2. The molecule has 0 fully saturated rings. The van der Waals surface area contributed by atoms with Crippen molar-refractivity contribution in [2.75, 3.05) is 11.1 Å². The highest BCUT2D eigenvalue weighted by atomic mass is 35.5. The summed E-state index contributed by atoms with van der Waals surface area (Å²) in [4.78, 5) is 12.1. The third-order valence-corrected chi connectivity index (χ3v) is 4.97. The van der Waals surface area contributed by atoms with E-state index in [1.807, 2.05) is 6.92 Å². The standard InChI is InChI=1S/C18H15Cl2N3O3S/c1-11-14(20)3-2-4-15(11)21-16(24)10-27-18-23-22-17(26-18)9-25-13-7-5-12(19)6-8-13/h2-8H,9-10H2,1H3,(H,21,24). The summed E-state index contributed by atoms with van der Waals surface area (Å²) in [6, 6.07) is 12.3. The second kappa shape index (κ2) is 9.12. The van der Waals surface area contributed by atoms with E-state index >= 15 is 0 Å². The first kappa shape index (κ1) is 19.5. The number of carbonyl (C=O) groups excluding carboxylic acids is 1. The van der Waals surface area contributed by atoms with E-state index < -0.39 is 0 Å². The van der Waals surface area contributed by atoms with Gasteiger partial charge in [0.25, 0.3) is 11.1 Å². The summed E-state index contributed by atoms with van der Waals surface area (Å²) >= 11 is 13.0. The lowest BCUT2D eigenvalue weighted by molar-refractivity contribution is -0.113. The normalized spacial score (nSPS) is 10.6. The monoisotopic (exact) mass is 423 g/mol. The van der Waals surface area contributed by atoms with Crippen molar-refractivity contribution in [2.45, 2.75) is 18.8 Å². The highest BCUT2D eigenvalue weighted by Crippen LogP contribution is 2.24. The molecule has 3 aromatic rings. The van der Waals surface area contributed by atoms with Gasteiger partial charge in [0.2, 0.25) is 5.91 Å². The molecule has 0 atom stereocenters. The molecule has 1 N–H and O–H groups in total. The van der Waals surface area contributed by atoms with E-state index in [1.54, 1.807) is 42.5 Å². The lowest BCUT2D eigenvalue weighted by Crippen LogP contribution is -2.14. The summed E-state index contributed by atoms with van der Waals surface area (Å²) in [7, 11) is 0. The zero-order valence-corrected chi connectivity index (χ0v) is 16.6. The van der Waals surface area contributed by atoms with Gasteiger partial charge in [0.1, 0.15) is 5.75 Å². The second-order valence-corrected chi connectivity index (χ2v) is 7.22. The van der Waals surface area contributed by atoms with E-state index in [0.717, 1.165) is 17.3 Å². The van der Waals surface area contributed by atoms with Gasteiger partial charge in [0, 0.05) is 15.7 Å². The Morgan fingerprint density at radius 3 is 2.74 bits per heavy atom. The lowest BCUT2D eigenvalue weighted by Gasteiger charge is -2.08. The second-order valence-electron chi connectivity index (χ2n) is 5.45. The molecule has 27 heavy (non-hydrogen) atoms. The van der Waals surface area contributed by atoms with Crippen molar-refractivity contribution in [1.29, 1.82) is 0 Å². The van der Waals surface area contributed by atoms with Crippen LogP contribution in [0.25, 0.3) is 0 Å². The van der Waals surface area contributed by atoms with Crippen molar-refractivity contribution in [1.82, 2.24) is 10.2 Å². The molecule has 0 aliphatic heterocycles. The first-order valence-corrected chi connectivity index (χ1v) is 9.64. The van der Waals surface area contributed by atoms with Crippen LogP contribution in [0.1, 0.15) is 11.5 Å². The molecule has 6 nitrogen and oxygen atoms in total. The van der Waals surface area contributed by atoms with Gasteiger partial charge in [-0.15, -0.1) is 10.2 Å². The predicted octanol–water partition coefficient (Wildman–Crippen LogP) is 4.99. The number of carbonyl (C=O) groups is 1. The Morgan fingerprint density at radius 1 is 1.19 bits per heavy atom. The number of halogens is 2. The fraction of sp³-hybridized carbons (Fsp3) is 0.167. The average molecular weight is 424 g/mol. The number of benzene rings is 2. The Bertz CT molecular complexity index is 932. The van der Waals surface area contributed by atoms with Crippen LogP contribution in [0.3, 0.4) is 0 Å². The smallest absolute Gasteiger partial charge is 0.277 e. The lowest BCUT2D eigenvalue weighted by atomic mass is 10.2. The molecule has 1 amide bonds. The van der Waals surface area contributed by atoms with Crippen LogP contribution in [0.5, 0.6) is 5.75 Å². The Labute approximate surface area is 170 Å². The molecular formula is C18H15Cl2N3O3S. The number of rotatable bonds is 7. The number of amides is 1. The van der Waals surface area contributed by atoms with E-state index in [2.05, 4.69) is 15.5 Å². The number of hydrogen-bond acceptors (Lipinski definition) is 6. The Morgan fingerprint density at radius 2 is 1.96 bits per heavy atom. The van der Waals surface area contributed by atoms with E-state index in [9.17, 15) is 4.79 Å². The molecule has 0 saturated heterocycles. The quantitative estimate of drug-likeness (QED) is 0.539. The average Bonchev–Trinajstić information content (AvgIpc) is 3.11. The summed E-state index contributed by atoms with van der Waals surface area (Å²) in [5, 5.41) is 12.1. The molecule has 0 bridgehead atoms. The molecular weight excluding hydrogens is 409 g/mol. The minimum absolute atomic E-state index is 0.128. The number of nitrogens with zero attached hydrogens (tertiary/aromatic N) is 2. The predicted molar refractivity (Wildman–Crippen MR) is 106 cm³/mol. The molecule has 0 aliphatic carbocycles. The number of nitrogens with one attached hydrogen (secondary N) is 1. The number of ether oxygens (including phenoxy) is 1. The van der Waals surface area contributed by atoms with Crippen molar-refractivity contribution in [2.24, 2.45) is 0 Å². The first-order chi connectivity index (χ1) is 13.0. The molecule has 0 saturated carbocycles. The van der Waals surface area contributed by atoms with Gasteiger partial charge in [0.15, 0.2) is 6.61 Å². The van der Waals surface area contributed by atoms with Gasteiger partial charge < -0.3 is 14.5 Å². The number of aromatic nitrogens is 2. The number of hydrogen-bond donors (Lipinski definition) is 1. The molecule has 9 heteroatoms. The summed E-state index contributed by atoms with van der Waals surface area (Å²) in [6.45, 7) is 1.97. The van der Waals surface area contributed by atoms with Crippen LogP contribution in [0.15, 0.2) is 52.1 Å². The Kier molecular flexibility index (Phi) is 6.60. The highest BCUT2D eigenvalue weighted by molar-refractivity contribution is 7.99. The van der Waals surface area contributed by atoms with Crippen LogP contribution in [0, 0.1) is 6.92 Å². The summed E-state index contributed by atoms with van der Waals surface area (Å²) in [5.74, 6) is 0.898. The molecule has 0 aliphatic rings. The van der Waals surface area contributed by atoms with Crippen LogP contribution in [0.2, 0.25) is 10.0 Å². The van der Waals surface area contributed by atoms with Gasteiger partial charge in [-0.3, -0.25) is 4.79 Å². The Hall–Kier alpha value is -2.22. The van der Waals surface area contributed by atoms with Gasteiger partial charge in [-0.1, -0.05) is 41.0 Å². The molecule has 3 rings (SSSR count). The summed E-state index contributed by atoms with van der Waals surface area (Å²) < 4.78 is 11.0. The molecule has 0 spiro atoms. The zero-order valence-electron chi connectivity index (χ0n) is 14.2. The summed E-state index contributed by atoms with van der Waals surface area (Å²) in [6.07, 6.45) is 0. The third-order valence-electron chi connectivity index (χ3n) is 3.49. The van der Waals surface area contributed by atoms with Crippen LogP contribution in [0.4, 0.5) is 5.69 Å².